The van der Waals surface area contributed by atoms with Crippen molar-refractivity contribution in [2.45, 2.75) is 84.2 Å². The van der Waals surface area contributed by atoms with Crippen LogP contribution in [0.4, 0.5) is 0 Å². The van der Waals surface area contributed by atoms with Gasteiger partial charge in [0.05, 0.1) is 5.54 Å². The molecule has 1 fully saturated rings. The molecule has 0 atom stereocenters. The van der Waals surface area contributed by atoms with E-state index in [4.69, 9.17) is 5.73 Å². The normalized spacial score (nSPS) is 20.6. The van der Waals surface area contributed by atoms with Crippen molar-refractivity contribution >= 4 is 5.91 Å². The van der Waals surface area contributed by atoms with E-state index in [0.29, 0.717) is 0 Å². The van der Waals surface area contributed by atoms with Crippen LogP contribution in [-0.4, -0.2) is 17.0 Å². The second kappa shape index (κ2) is 5.20. The van der Waals surface area contributed by atoms with Crippen molar-refractivity contribution in [1.29, 1.82) is 0 Å². The Labute approximate surface area is 112 Å². The third-order valence-corrected chi connectivity index (χ3v) is 3.62. The number of nitrogens with one attached hydrogen (secondary N) is 1. The average molecular weight is 254 g/mol. The molecular weight excluding hydrogens is 224 g/mol. The van der Waals surface area contributed by atoms with E-state index in [1.165, 1.54) is 6.42 Å². The maximum Gasteiger partial charge on any atom is 0.240 e. The molecule has 1 amide bonds. The Hall–Kier alpha value is -0.570. The van der Waals surface area contributed by atoms with Crippen molar-refractivity contribution in [3.8, 4) is 0 Å². The van der Waals surface area contributed by atoms with Gasteiger partial charge in [0.15, 0.2) is 0 Å². The lowest BCUT2D eigenvalue weighted by Crippen LogP contribution is -2.60. The fourth-order valence-electron chi connectivity index (χ4n) is 3.21. The molecule has 3 heteroatoms. The highest BCUT2D eigenvalue weighted by Gasteiger charge is 2.38. The Balaban J connectivity index is 2.63. The Morgan fingerprint density at radius 1 is 1.11 bits per heavy atom. The Kier molecular flexibility index (Phi) is 4.47. The molecule has 0 heterocycles. The molecule has 0 aromatic carbocycles. The van der Waals surface area contributed by atoms with E-state index in [9.17, 15) is 4.79 Å². The molecule has 1 aliphatic carbocycles. The van der Waals surface area contributed by atoms with Crippen molar-refractivity contribution in [2.75, 3.05) is 0 Å². The van der Waals surface area contributed by atoms with E-state index in [-0.39, 0.29) is 16.9 Å². The zero-order chi connectivity index (χ0) is 14.0. The van der Waals surface area contributed by atoms with Crippen LogP contribution < -0.4 is 11.1 Å². The van der Waals surface area contributed by atoms with Crippen LogP contribution >= 0.6 is 0 Å². The van der Waals surface area contributed by atoms with E-state index < -0.39 is 5.54 Å². The molecule has 0 saturated heterocycles. The second-order valence-corrected chi connectivity index (χ2v) is 7.79. The summed E-state index contributed by atoms with van der Waals surface area (Å²) in [5.74, 6) is 0.0384. The third kappa shape index (κ3) is 4.60. The van der Waals surface area contributed by atoms with Crippen LogP contribution in [0.1, 0.15) is 73.1 Å². The molecule has 0 spiro atoms. The summed E-state index contributed by atoms with van der Waals surface area (Å²) in [5, 5.41) is 3.16. The summed E-state index contributed by atoms with van der Waals surface area (Å²) in [6, 6.07) is 0. The highest BCUT2D eigenvalue weighted by atomic mass is 16.2. The summed E-state index contributed by atoms with van der Waals surface area (Å²) >= 11 is 0. The van der Waals surface area contributed by atoms with E-state index in [1.807, 2.05) is 0 Å². The van der Waals surface area contributed by atoms with Gasteiger partial charge in [0.25, 0.3) is 0 Å². The van der Waals surface area contributed by atoms with Crippen molar-refractivity contribution in [2.24, 2.45) is 11.1 Å². The minimum absolute atomic E-state index is 0.0384. The summed E-state index contributed by atoms with van der Waals surface area (Å²) in [6.45, 7) is 10.8. The maximum absolute atomic E-state index is 12.4. The van der Waals surface area contributed by atoms with Crippen LogP contribution in [0.25, 0.3) is 0 Å². The van der Waals surface area contributed by atoms with Gasteiger partial charge in [0.1, 0.15) is 0 Å². The molecule has 0 bridgehead atoms. The maximum atomic E-state index is 12.4. The first-order valence-electron chi connectivity index (χ1n) is 7.16. The highest BCUT2D eigenvalue weighted by Crippen LogP contribution is 2.30. The van der Waals surface area contributed by atoms with Gasteiger partial charge in [-0.3, -0.25) is 4.79 Å². The number of hydrogen-bond acceptors (Lipinski definition) is 2. The summed E-state index contributed by atoms with van der Waals surface area (Å²) < 4.78 is 0. The first-order valence-corrected chi connectivity index (χ1v) is 7.16. The molecule has 0 radical (unpaired) electrons. The number of carbonyl (C=O) groups is 1. The first-order chi connectivity index (χ1) is 8.04. The fourth-order valence-corrected chi connectivity index (χ4v) is 3.21. The van der Waals surface area contributed by atoms with Gasteiger partial charge in [-0.25, -0.2) is 0 Å². The number of rotatable bonds is 3. The summed E-state index contributed by atoms with van der Waals surface area (Å²) in [7, 11) is 0. The lowest BCUT2D eigenvalue weighted by Gasteiger charge is -2.38. The SMILES string of the molecule is CC(C)(C)CC(C)(C)NC(=O)C1(N)CCCCC1. The molecule has 1 rings (SSSR count). The van der Waals surface area contributed by atoms with Gasteiger partial charge in [-0.05, 0) is 38.5 Å². The van der Waals surface area contributed by atoms with Gasteiger partial charge in [0.2, 0.25) is 5.91 Å². The largest absolute Gasteiger partial charge is 0.350 e. The number of hydrogen-bond donors (Lipinski definition) is 2. The van der Waals surface area contributed by atoms with Crippen molar-refractivity contribution in [3.05, 3.63) is 0 Å². The zero-order valence-electron chi connectivity index (χ0n) is 12.7. The second-order valence-electron chi connectivity index (χ2n) is 7.79. The van der Waals surface area contributed by atoms with Crippen LogP contribution in [0.5, 0.6) is 0 Å². The van der Waals surface area contributed by atoms with Crippen molar-refractivity contribution in [1.82, 2.24) is 5.32 Å². The molecule has 3 N–H and O–H groups in total. The standard InChI is InChI=1S/C15H30N2O/c1-13(2,3)11-14(4,5)17-12(18)15(16)9-7-6-8-10-15/h6-11,16H2,1-5H3,(H,17,18). The van der Waals surface area contributed by atoms with Crippen molar-refractivity contribution < 1.29 is 4.79 Å². The van der Waals surface area contributed by atoms with Gasteiger partial charge >= 0.3 is 0 Å². The molecule has 106 valence electrons. The van der Waals surface area contributed by atoms with Gasteiger partial charge in [0, 0.05) is 5.54 Å². The lowest BCUT2D eigenvalue weighted by molar-refractivity contribution is -0.129. The van der Waals surface area contributed by atoms with Crippen LogP contribution in [0.2, 0.25) is 0 Å². The third-order valence-electron chi connectivity index (χ3n) is 3.62. The van der Waals surface area contributed by atoms with Crippen LogP contribution in [0, 0.1) is 5.41 Å². The summed E-state index contributed by atoms with van der Waals surface area (Å²) in [5.41, 5.74) is 5.63. The van der Waals surface area contributed by atoms with E-state index >= 15 is 0 Å². The van der Waals surface area contributed by atoms with Crippen LogP contribution in [0.3, 0.4) is 0 Å². The minimum atomic E-state index is -0.632. The number of carbonyl (C=O) groups excluding carboxylic acids is 1. The topological polar surface area (TPSA) is 55.1 Å². The number of nitrogens with two attached hydrogens (primary N) is 1. The average Bonchev–Trinajstić information content (AvgIpc) is 2.13. The quantitative estimate of drug-likeness (QED) is 0.813. The smallest absolute Gasteiger partial charge is 0.240 e. The lowest BCUT2D eigenvalue weighted by atomic mass is 9.79. The van der Waals surface area contributed by atoms with E-state index in [2.05, 4.69) is 39.9 Å². The highest BCUT2D eigenvalue weighted by molar-refractivity contribution is 5.86. The minimum Gasteiger partial charge on any atom is -0.350 e. The van der Waals surface area contributed by atoms with Gasteiger partial charge < -0.3 is 11.1 Å². The fraction of sp³-hybridized carbons (Fsp3) is 0.933. The van der Waals surface area contributed by atoms with Crippen molar-refractivity contribution in [3.63, 3.8) is 0 Å². The molecule has 3 nitrogen and oxygen atoms in total. The summed E-state index contributed by atoms with van der Waals surface area (Å²) in [6.07, 6.45) is 5.95. The monoisotopic (exact) mass is 254 g/mol. The molecule has 1 aliphatic rings. The molecule has 0 unspecified atom stereocenters. The predicted molar refractivity (Wildman–Crippen MR) is 76.3 cm³/mol. The van der Waals surface area contributed by atoms with Crippen LogP contribution in [-0.2, 0) is 4.79 Å². The Bertz CT molecular complexity index is 296. The van der Waals surface area contributed by atoms with E-state index in [0.717, 1.165) is 32.1 Å². The molecule has 18 heavy (non-hydrogen) atoms. The molecule has 0 aromatic heterocycles. The van der Waals surface area contributed by atoms with Gasteiger partial charge in [-0.1, -0.05) is 40.0 Å². The van der Waals surface area contributed by atoms with Gasteiger partial charge in [-0.15, -0.1) is 0 Å². The number of amides is 1. The van der Waals surface area contributed by atoms with Crippen LogP contribution in [0.15, 0.2) is 0 Å². The molecule has 0 aliphatic heterocycles. The molecule has 0 aromatic rings. The zero-order valence-corrected chi connectivity index (χ0v) is 12.7. The Morgan fingerprint density at radius 2 is 1.61 bits per heavy atom. The molecule has 1 saturated carbocycles. The van der Waals surface area contributed by atoms with E-state index in [1.54, 1.807) is 0 Å². The predicted octanol–water partition coefficient (Wildman–Crippen LogP) is 2.98. The van der Waals surface area contributed by atoms with Gasteiger partial charge in [-0.2, -0.15) is 0 Å². The Morgan fingerprint density at radius 3 is 2.06 bits per heavy atom. The summed E-state index contributed by atoms with van der Waals surface area (Å²) in [4.78, 5) is 12.4. The first kappa shape index (κ1) is 15.5. The molecular formula is C15H30N2O.